The number of hydrogen-bond donors (Lipinski definition) is 0. The van der Waals surface area contributed by atoms with E-state index in [0.29, 0.717) is 17.7 Å². The van der Waals surface area contributed by atoms with Crippen molar-refractivity contribution in [3.63, 3.8) is 0 Å². The summed E-state index contributed by atoms with van der Waals surface area (Å²) >= 11 is 0. The van der Waals surface area contributed by atoms with Gasteiger partial charge < -0.3 is 8.98 Å². The number of aromatic nitrogens is 1. The van der Waals surface area contributed by atoms with E-state index in [2.05, 4.69) is 49.6 Å². The van der Waals surface area contributed by atoms with E-state index in [4.69, 9.17) is 4.42 Å². The van der Waals surface area contributed by atoms with Gasteiger partial charge in [-0.15, -0.1) is 0 Å². The van der Waals surface area contributed by atoms with Crippen LogP contribution in [-0.4, -0.2) is 16.1 Å². The van der Waals surface area contributed by atoms with Gasteiger partial charge >= 0.3 is 0 Å². The molecular weight excluding hydrogens is 446 g/mol. The van der Waals surface area contributed by atoms with Crippen molar-refractivity contribution in [3.05, 3.63) is 101 Å². The summed E-state index contributed by atoms with van der Waals surface area (Å²) < 4.78 is 8.30. The Morgan fingerprint density at radius 2 is 1.44 bits per heavy atom. The van der Waals surface area contributed by atoms with Gasteiger partial charge in [-0.05, 0) is 46.9 Å². The Hall–Kier alpha value is -4.18. The predicted octanol–water partition coefficient (Wildman–Crippen LogP) is 7.83. The van der Waals surface area contributed by atoms with Crippen molar-refractivity contribution in [2.75, 3.05) is 0 Å². The highest BCUT2D eigenvalue weighted by Crippen LogP contribution is 2.35. The largest absolute Gasteiger partial charge is 0.454 e. The van der Waals surface area contributed by atoms with E-state index in [1.54, 1.807) is 6.08 Å². The summed E-state index contributed by atoms with van der Waals surface area (Å²) in [7, 11) is 0. The SMILES string of the molecule is CCn1c(C=C2C(=O)c3cc4ccccc4cc3C2=O)cc2oc(-c3ccc(C(C)(C)C)cc3)cc21. The van der Waals surface area contributed by atoms with Gasteiger partial charge in [0.1, 0.15) is 5.76 Å². The van der Waals surface area contributed by atoms with Crippen LogP contribution >= 0.6 is 0 Å². The smallest absolute Gasteiger partial charge is 0.197 e. The monoisotopic (exact) mass is 473 g/mol. The summed E-state index contributed by atoms with van der Waals surface area (Å²) in [5.41, 5.74) is 6.01. The van der Waals surface area contributed by atoms with Gasteiger partial charge in [-0.1, -0.05) is 69.3 Å². The maximum atomic E-state index is 13.2. The highest BCUT2D eigenvalue weighted by Gasteiger charge is 2.34. The molecule has 3 aromatic carbocycles. The molecule has 6 rings (SSSR count). The minimum atomic E-state index is -0.221. The molecule has 0 spiro atoms. The predicted molar refractivity (Wildman–Crippen MR) is 145 cm³/mol. The van der Waals surface area contributed by atoms with E-state index in [1.807, 2.05) is 55.5 Å². The van der Waals surface area contributed by atoms with Gasteiger partial charge in [-0.2, -0.15) is 0 Å². The average Bonchev–Trinajstić information content (AvgIpc) is 3.48. The Morgan fingerprint density at radius 1 is 0.833 bits per heavy atom. The topological polar surface area (TPSA) is 52.2 Å². The molecule has 1 aliphatic carbocycles. The lowest BCUT2D eigenvalue weighted by Gasteiger charge is -2.18. The van der Waals surface area contributed by atoms with Crippen LogP contribution in [0.15, 0.2) is 82.8 Å². The van der Waals surface area contributed by atoms with E-state index < -0.39 is 0 Å². The number of benzene rings is 3. The number of rotatable bonds is 3. The fraction of sp³-hybridized carbons (Fsp3) is 0.188. The van der Waals surface area contributed by atoms with Crippen LogP contribution < -0.4 is 0 Å². The van der Waals surface area contributed by atoms with Gasteiger partial charge in [-0.3, -0.25) is 9.59 Å². The van der Waals surface area contributed by atoms with Crippen LogP contribution in [0, 0.1) is 0 Å². The lowest BCUT2D eigenvalue weighted by Crippen LogP contribution is -2.10. The number of hydrogen-bond acceptors (Lipinski definition) is 3. The summed E-state index contributed by atoms with van der Waals surface area (Å²) in [6.45, 7) is 9.33. The maximum absolute atomic E-state index is 13.2. The van der Waals surface area contributed by atoms with E-state index in [1.165, 1.54) is 5.56 Å². The van der Waals surface area contributed by atoms with Crippen molar-refractivity contribution < 1.29 is 14.0 Å². The summed E-state index contributed by atoms with van der Waals surface area (Å²) in [6.07, 6.45) is 1.71. The number of carbonyl (C=O) groups is 2. The van der Waals surface area contributed by atoms with Crippen LogP contribution in [0.4, 0.5) is 0 Å². The third-order valence-corrected chi connectivity index (χ3v) is 7.13. The molecule has 0 radical (unpaired) electrons. The van der Waals surface area contributed by atoms with E-state index >= 15 is 0 Å². The first kappa shape index (κ1) is 22.3. The van der Waals surface area contributed by atoms with Gasteiger partial charge in [0.25, 0.3) is 0 Å². The van der Waals surface area contributed by atoms with Crippen molar-refractivity contribution in [1.82, 2.24) is 4.57 Å². The second-order valence-electron chi connectivity index (χ2n) is 10.5. The maximum Gasteiger partial charge on any atom is 0.197 e. The normalized spacial score (nSPS) is 13.7. The van der Waals surface area contributed by atoms with Crippen LogP contribution in [0.1, 0.15) is 59.7 Å². The second kappa shape index (κ2) is 7.92. The van der Waals surface area contributed by atoms with Crippen molar-refractivity contribution in [1.29, 1.82) is 0 Å². The Balaban J connectivity index is 1.39. The first-order valence-corrected chi connectivity index (χ1v) is 12.3. The number of nitrogens with zero attached hydrogens (tertiary/aromatic N) is 1. The van der Waals surface area contributed by atoms with Crippen molar-refractivity contribution in [2.45, 2.75) is 39.7 Å². The molecule has 0 bridgehead atoms. The molecule has 2 aromatic heterocycles. The molecule has 0 unspecified atom stereocenters. The molecule has 4 heteroatoms. The second-order valence-corrected chi connectivity index (χ2v) is 10.5. The molecule has 0 saturated heterocycles. The molecule has 0 fully saturated rings. The molecule has 0 atom stereocenters. The Kier molecular flexibility index (Phi) is 4.91. The lowest BCUT2D eigenvalue weighted by molar-refractivity contribution is 0.0990. The van der Waals surface area contributed by atoms with Crippen molar-refractivity contribution >= 4 is 39.5 Å². The molecule has 36 heavy (non-hydrogen) atoms. The van der Waals surface area contributed by atoms with Crippen LogP contribution in [0.25, 0.3) is 39.3 Å². The zero-order chi connectivity index (χ0) is 25.2. The average molecular weight is 474 g/mol. The van der Waals surface area contributed by atoms with Crippen molar-refractivity contribution in [2.24, 2.45) is 0 Å². The fourth-order valence-electron chi connectivity index (χ4n) is 5.10. The molecular formula is C32H27NO3. The number of allylic oxidation sites excluding steroid dienone is 1. The number of Topliss-reactive ketones (excluding diaryl/α,β-unsaturated/α-hetero) is 2. The number of ketones is 2. The highest BCUT2D eigenvalue weighted by molar-refractivity contribution is 6.42. The van der Waals surface area contributed by atoms with Gasteiger partial charge in [0.2, 0.25) is 0 Å². The zero-order valence-corrected chi connectivity index (χ0v) is 20.9. The van der Waals surface area contributed by atoms with E-state index in [-0.39, 0.29) is 22.6 Å². The van der Waals surface area contributed by atoms with Gasteiger partial charge in [0, 0.05) is 41.1 Å². The third kappa shape index (κ3) is 3.44. The Bertz CT molecular complexity index is 1660. The molecule has 0 amide bonds. The minimum absolute atomic E-state index is 0.0924. The standard InChI is InChI=1S/C32H27NO3/c1-5-33-23(16-26-30(34)24-14-20-8-6-7-9-21(20)15-25(24)31(26)35)17-29-27(33)18-28(36-29)19-10-12-22(13-11-19)32(2,3)4/h6-18H,5H2,1-4H3. The van der Waals surface area contributed by atoms with Gasteiger partial charge in [0.15, 0.2) is 17.1 Å². The molecule has 5 aromatic rings. The quantitative estimate of drug-likeness (QED) is 0.198. The summed E-state index contributed by atoms with van der Waals surface area (Å²) in [4.78, 5) is 26.4. The van der Waals surface area contributed by atoms with E-state index in [9.17, 15) is 9.59 Å². The van der Waals surface area contributed by atoms with Crippen LogP contribution in [0.5, 0.6) is 0 Å². The fourth-order valence-corrected chi connectivity index (χ4v) is 5.10. The molecule has 0 saturated carbocycles. The highest BCUT2D eigenvalue weighted by atomic mass is 16.3. The molecule has 0 N–H and O–H groups in total. The van der Waals surface area contributed by atoms with Gasteiger partial charge in [0.05, 0.1) is 11.1 Å². The number of aryl methyl sites for hydroxylation is 1. The van der Waals surface area contributed by atoms with E-state index in [0.717, 1.165) is 38.9 Å². The third-order valence-electron chi connectivity index (χ3n) is 7.13. The minimum Gasteiger partial charge on any atom is -0.454 e. The molecule has 2 heterocycles. The summed E-state index contributed by atoms with van der Waals surface area (Å²) in [5.74, 6) is 0.357. The number of carbonyl (C=O) groups excluding carboxylic acids is 2. The van der Waals surface area contributed by atoms with Crippen molar-refractivity contribution in [3.8, 4) is 11.3 Å². The zero-order valence-electron chi connectivity index (χ0n) is 20.9. The van der Waals surface area contributed by atoms with Gasteiger partial charge in [-0.25, -0.2) is 0 Å². The Morgan fingerprint density at radius 3 is 2.00 bits per heavy atom. The first-order valence-electron chi connectivity index (χ1n) is 12.3. The number of furan rings is 1. The summed E-state index contributed by atoms with van der Waals surface area (Å²) in [5, 5.41) is 1.91. The Labute approximate surface area is 209 Å². The number of fused-ring (bicyclic) bond motifs is 3. The molecule has 1 aliphatic rings. The van der Waals surface area contributed by atoms with Crippen LogP contribution in [-0.2, 0) is 12.0 Å². The van der Waals surface area contributed by atoms with Crippen LogP contribution in [0.2, 0.25) is 0 Å². The molecule has 4 nitrogen and oxygen atoms in total. The van der Waals surface area contributed by atoms with Crippen LogP contribution in [0.3, 0.4) is 0 Å². The molecule has 0 aliphatic heterocycles. The first-order chi connectivity index (χ1) is 17.2. The summed E-state index contributed by atoms with van der Waals surface area (Å²) in [6, 6.07) is 23.9. The lowest BCUT2D eigenvalue weighted by atomic mass is 9.86. The molecule has 178 valence electrons.